The summed E-state index contributed by atoms with van der Waals surface area (Å²) >= 11 is 6.16. The number of piperidine rings is 1. The van der Waals surface area contributed by atoms with Gasteiger partial charge in [0.25, 0.3) is 10.0 Å². The number of nitrogens with zero attached hydrogens (tertiary/aromatic N) is 3. The number of sulfonamides is 1. The van der Waals surface area contributed by atoms with Crippen LogP contribution in [0.4, 0.5) is 20.4 Å². The number of halogens is 3. The molecule has 1 aliphatic heterocycles. The van der Waals surface area contributed by atoms with Crippen molar-refractivity contribution in [3.05, 3.63) is 70.4 Å². The Kier molecular flexibility index (Phi) is 9.31. The minimum atomic E-state index is -4.36. The molecule has 0 spiro atoms. The van der Waals surface area contributed by atoms with Crippen molar-refractivity contribution in [2.75, 3.05) is 50.5 Å². The molecule has 2 heterocycles. The molecule has 4 aromatic rings. The molecule has 14 heteroatoms. The van der Waals surface area contributed by atoms with Crippen molar-refractivity contribution >= 4 is 44.2 Å². The summed E-state index contributed by atoms with van der Waals surface area (Å²) in [4.78, 5) is 11.3. The number of rotatable bonds is 10. The van der Waals surface area contributed by atoms with Gasteiger partial charge in [-0.15, -0.1) is 0 Å². The van der Waals surface area contributed by atoms with E-state index in [-0.39, 0.29) is 27.3 Å². The molecule has 46 heavy (non-hydrogen) atoms. The van der Waals surface area contributed by atoms with Crippen LogP contribution in [0.3, 0.4) is 0 Å². The van der Waals surface area contributed by atoms with E-state index < -0.39 is 39.0 Å². The zero-order valence-corrected chi connectivity index (χ0v) is 26.9. The summed E-state index contributed by atoms with van der Waals surface area (Å²) in [7, 11) is -1.23. The number of nitrogens with one attached hydrogen (secondary N) is 2. The second kappa shape index (κ2) is 13.2. The standard InChI is InChI=1S/C32H34ClF2N5O5S/c1-44-12-11-40-9-7-21(8-10-40)37-32-36-17-19-13-18(14-27(45-2)31(19)38-32)29-24(34)4-5-25(30(29)35)39-46(42,43)28-16-20(33)15-23-22(28)3-6-26(23)41/h4-5,13-17,21,26,39,41H,3,6-12H2,1-2H3,(H,36,37,38)/t26-/m1/s1. The lowest BCUT2D eigenvalue weighted by atomic mass is 10.0. The average Bonchev–Trinajstić information content (AvgIpc) is 3.41. The van der Waals surface area contributed by atoms with Crippen LogP contribution in [0.2, 0.25) is 5.02 Å². The quantitative estimate of drug-likeness (QED) is 0.199. The van der Waals surface area contributed by atoms with Crippen LogP contribution in [0.5, 0.6) is 5.75 Å². The van der Waals surface area contributed by atoms with Gasteiger partial charge in [0.2, 0.25) is 5.95 Å². The van der Waals surface area contributed by atoms with E-state index in [0.29, 0.717) is 47.4 Å². The Morgan fingerprint density at radius 2 is 1.89 bits per heavy atom. The summed E-state index contributed by atoms with van der Waals surface area (Å²) in [6.45, 7) is 3.44. The van der Waals surface area contributed by atoms with Crippen molar-refractivity contribution in [2.45, 2.75) is 42.7 Å². The largest absolute Gasteiger partial charge is 0.494 e. The Balaban J connectivity index is 1.28. The summed E-state index contributed by atoms with van der Waals surface area (Å²) in [6.07, 6.45) is 3.20. The van der Waals surface area contributed by atoms with Crippen LogP contribution in [0.15, 0.2) is 47.5 Å². The lowest BCUT2D eigenvalue weighted by Gasteiger charge is -2.32. The Bertz CT molecular complexity index is 1890. The van der Waals surface area contributed by atoms with Gasteiger partial charge in [0.1, 0.15) is 17.1 Å². The summed E-state index contributed by atoms with van der Waals surface area (Å²) in [5.74, 6) is -1.32. The van der Waals surface area contributed by atoms with Gasteiger partial charge in [0, 0.05) is 49.4 Å². The molecule has 3 aromatic carbocycles. The molecule has 244 valence electrons. The molecule has 1 aromatic heterocycles. The first kappa shape index (κ1) is 32.3. The van der Waals surface area contributed by atoms with Crippen LogP contribution >= 0.6 is 11.6 Å². The Labute approximate surface area is 270 Å². The number of ether oxygens (including phenoxy) is 2. The molecule has 0 bridgehead atoms. The molecule has 1 atom stereocenters. The molecule has 3 N–H and O–H groups in total. The first-order chi connectivity index (χ1) is 22.1. The molecular weight excluding hydrogens is 640 g/mol. The van der Waals surface area contributed by atoms with Crippen molar-refractivity contribution < 1.29 is 31.8 Å². The van der Waals surface area contributed by atoms with Gasteiger partial charge in [0.05, 0.1) is 36.0 Å². The van der Waals surface area contributed by atoms with E-state index in [4.69, 9.17) is 21.1 Å². The minimum Gasteiger partial charge on any atom is -0.494 e. The van der Waals surface area contributed by atoms with Crippen molar-refractivity contribution in [3.8, 4) is 16.9 Å². The van der Waals surface area contributed by atoms with Gasteiger partial charge in [-0.1, -0.05) is 11.6 Å². The number of aromatic nitrogens is 2. The Hall–Kier alpha value is -3.62. The van der Waals surface area contributed by atoms with E-state index in [2.05, 4.69) is 24.9 Å². The van der Waals surface area contributed by atoms with Crippen molar-refractivity contribution in [2.24, 2.45) is 0 Å². The smallest absolute Gasteiger partial charge is 0.262 e. The molecule has 0 radical (unpaired) electrons. The van der Waals surface area contributed by atoms with E-state index >= 15 is 8.78 Å². The number of benzene rings is 3. The summed E-state index contributed by atoms with van der Waals surface area (Å²) < 4.78 is 71.2. The fourth-order valence-electron chi connectivity index (χ4n) is 6.16. The van der Waals surface area contributed by atoms with Gasteiger partial charge in [0.15, 0.2) is 5.82 Å². The number of likely N-dealkylation sites (tertiary alicyclic amines) is 1. The molecule has 1 saturated heterocycles. The second-order valence-corrected chi connectivity index (χ2v) is 13.6. The van der Waals surface area contributed by atoms with Crippen LogP contribution < -0.4 is 14.8 Å². The highest BCUT2D eigenvalue weighted by Gasteiger charge is 2.30. The predicted octanol–water partition coefficient (Wildman–Crippen LogP) is 5.54. The topological polar surface area (TPSA) is 126 Å². The molecule has 0 amide bonds. The van der Waals surface area contributed by atoms with Gasteiger partial charge < -0.3 is 24.8 Å². The molecule has 1 fully saturated rings. The summed E-state index contributed by atoms with van der Waals surface area (Å²) in [6, 6.07) is 7.96. The number of hydrogen-bond acceptors (Lipinski definition) is 9. The summed E-state index contributed by atoms with van der Waals surface area (Å²) in [5.41, 5.74) is 0.491. The average molecular weight is 674 g/mol. The van der Waals surface area contributed by atoms with E-state index in [1.165, 1.54) is 31.4 Å². The molecule has 0 unspecified atom stereocenters. The number of fused-ring (bicyclic) bond motifs is 2. The lowest BCUT2D eigenvalue weighted by Crippen LogP contribution is -2.40. The van der Waals surface area contributed by atoms with Crippen LogP contribution in [-0.4, -0.2) is 74.9 Å². The zero-order valence-electron chi connectivity index (χ0n) is 25.3. The second-order valence-electron chi connectivity index (χ2n) is 11.5. The first-order valence-corrected chi connectivity index (χ1v) is 16.8. The maximum atomic E-state index is 16.0. The maximum absolute atomic E-state index is 16.0. The first-order valence-electron chi connectivity index (χ1n) is 14.9. The highest BCUT2D eigenvalue weighted by Crippen LogP contribution is 2.40. The number of anilines is 2. The third-order valence-corrected chi connectivity index (χ3v) is 10.2. The van der Waals surface area contributed by atoms with Gasteiger partial charge in [-0.2, -0.15) is 0 Å². The normalized spacial score (nSPS) is 17.3. The van der Waals surface area contributed by atoms with E-state index in [1.54, 1.807) is 13.3 Å². The molecule has 10 nitrogen and oxygen atoms in total. The van der Waals surface area contributed by atoms with Crippen LogP contribution in [0, 0.1) is 11.6 Å². The Morgan fingerprint density at radius 1 is 1.11 bits per heavy atom. The zero-order chi connectivity index (χ0) is 32.6. The lowest BCUT2D eigenvalue weighted by molar-refractivity contribution is 0.132. The van der Waals surface area contributed by atoms with E-state index in [0.717, 1.165) is 44.6 Å². The summed E-state index contributed by atoms with van der Waals surface area (Å²) in [5, 5.41) is 14.2. The molecule has 1 aliphatic carbocycles. The monoisotopic (exact) mass is 673 g/mol. The van der Waals surface area contributed by atoms with E-state index in [1.807, 2.05) is 0 Å². The number of aliphatic hydroxyl groups is 1. The predicted molar refractivity (Wildman–Crippen MR) is 172 cm³/mol. The van der Waals surface area contributed by atoms with Crippen LogP contribution in [0.1, 0.15) is 36.5 Å². The fourth-order valence-corrected chi connectivity index (χ4v) is 7.83. The molecule has 0 saturated carbocycles. The van der Waals surface area contributed by atoms with Crippen molar-refractivity contribution in [1.29, 1.82) is 0 Å². The van der Waals surface area contributed by atoms with Crippen molar-refractivity contribution in [3.63, 3.8) is 0 Å². The number of aliphatic hydroxyl groups excluding tert-OH is 1. The molecule has 6 rings (SSSR count). The molecular formula is C32H34ClF2N5O5S. The van der Waals surface area contributed by atoms with Crippen LogP contribution in [-0.2, 0) is 21.2 Å². The van der Waals surface area contributed by atoms with Crippen LogP contribution in [0.25, 0.3) is 22.0 Å². The highest BCUT2D eigenvalue weighted by molar-refractivity contribution is 7.92. The van der Waals surface area contributed by atoms with Gasteiger partial charge in [-0.25, -0.2) is 27.2 Å². The number of methoxy groups -OCH3 is 2. The third-order valence-electron chi connectivity index (χ3n) is 8.55. The number of hydrogen-bond donors (Lipinski definition) is 3. The van der Waals surface area contributed by atoms with Gasteiger partial charge in [-0.05, 0) is 78.8 Å². The van der Waals surface area contributed by atoms with Gasteiger partial charge >= 0.3 is 0 Å². The Morgan fingerprint density at radius 3 is 2.63 bits per heavy atom. The van der Waals surface area contributed by atoms with Crippen molar-refractivity contribution in [1.82, 2.24) is 14.9 Å². The maximum Gasteiger partial charge on any atom is 0.262 e. The van der Waals surface area contributed by atoms with E-state index in [9.17, 15) is 13.5 Å². The SMILES string of the molecule is COCCN1CCC(Nc2ncc3cc(-c4c(F)ccc(NS(=O)(=O)c5cc(Cl)cc6c5CC[C@H]6O)c4F)cc(OC)c3n2)CC1. The fraction of sp³-hybridized carbons (Fsp3) is 0.375. The minimum absolute atomic E-state index is 0.111. The van der Waals surface area contributed by atoms with Gasteiger partial charge in [-0.3, -0.25) is 4.72 Å². The highest BCUT2D eigenvalue weighted by atomic mass is 35.5. The molecule has 2 aliphatic rings. The third kappa shape index (κ3) is 6.47.